The molecule has 0 aliphatic carbocycles. The van der Waals surface area contributed by atoms with Gasteiger partial charge in [-0.3, -0.25) is 0 Å². The van der Waals surface area contributed by atoms with Crippen LogP contribution < -0.4 is 20.1 Å². The maximum atomic E-state index is 6.29. The van der Waals surface area contributed by atoms with Gasteiger partial charge in [-0.2, -0.15) is 0 Å². The van der Waals surface area contributed by atoms with Crippen molar-refractivity contribution >= 4 is 34.6 Å². The third-order valence-corrected chi connectivity index (χ3v) is 4.42. The Balaban J connectivity index is 1.69. The van der Waals surface area contributed by atoms with Gasteiger partial charge in [0.15, 0.2) is 0 Å². The van der Waals surface area contributed by atoms with E-state index >= 15 is 0 Å². The Morgan fingerprint density at radius 2 is 1.11 bits per heavy atom. The van der Waals surface area contributed by atoms with Crippen LogP contribution >= 0.6 is 23.2 Å². The van der Waals surface area contributed by atoms with Crippen LogP contribution in [0.15, 0.2) is 36.4 Å². The highest BCUT2D eigenvalue weighted by atomic mass is 35.5. The van der Waals surface area contributed by atoms with Crippen LogP contribution in [0.25, 0.3) is 0 Å². The number of halogens is 2. The number of ether oxygens (including phenoxy) is 2. The Morgan fingerprint density at radius 1 is 0.714 bits per heavy atom. The fourth-order valence-electron chi connectivity index (χ4n) is 2.65. The van der Waals surface area contributed by atoms with E-state index < -0.39 is 0 Å². The fraction of sp³-hybridized carbons (Fsp3) is 0.455. The first-order valence-corrected chi connectivity index (χ1v) is 10.5. The van der Waals surface area contributed by atoms with Gasteiger partial charge in [0.1, 0.15) is 11.5 Å². The molecule has 28 heavy (non-hydrogen) atoms. The molecular weight excluding hydrogens is 395 g/mol. The highest BCUT2D eigenvalue weighted by molar-refractivity contribution is 6.32. The minimum Gasteiger partial charge on any atom is -0.492 e. The molecule has 0 aromatic heterocycles. The normalized spacial score (nSPS) is 11.0. The summed E-state index contributed by atoms with van der Waals surface area (Å²) in [4.78, 5) is 0. The van der Waals surface area contributed by atoms with Gasteiger partial charge >= 0.3 is 0 Å². The summed E-state index contributed by atoms with van der Waals surface area (Å²) in [7, 11) is 0. The van der Waals surface area contributed by atoms with Gasteiger partial charge in [0.25, 0.3) is 0 Å². The zero-order valence-electron chi connectivity index (χ0n) is 17.0. The maximum Gasteiger partial charge on any atom is 0.138 e. The van der Waals surface area contributed by atoms with Crippen LogP contribution in [0.2, 0.25) is 10.0 Å². The van der Waals surface area contributed by atoms with Crippen molar-refractivity contribution in [2.45, 2.75) is 52.6 Å². The summed E-state index contributed by atoms with van der Waals surface area (Å²) in [6, 6.07) is 12.2. The van der Waals surface area contributed by atoms with Crippen LogP contribution in [0.1, 0.15) is 40.5 Å². The molecule has 0 radical (unpaired) electrons. The second kappa shape index (κ2) is 11.3. The molecule has 0 unspecified atom stereocenters. The van der Waals surface area contributed by atoms with Crippen molar-refractivity contribution in [2.24, 2.45) is 0 Å². The van der Waals surface area contributed by atoms with Gasteiger partial charge in [-0.15, -0.1) is 0 Å². The molecule has 0 heterocycles. The maximum absolute atomic E-state index is 6.29. The van der Waals surface area contributed by atoms with E-state index in [1.54, 1.807) is 0 Å². The molecule has 2 rings (SSSR count). The minimum absolute atomic E-state index is 0.360. The molecule has 6 heteroatoms. The third kappa shape index (κ3) is 7.69. The van der Waals surface area contributed by atoms with Crippen LogP contribution in [-0.2, 0) is 0 Å². The molecule has 0 bridgehead atoms. The Hall–Kier alpha value is -1.78. The summed E-state index contributed by atoms with van der Waals surface area (Å²) in [6.45, 7) is 9.53. The van der Waals surface area contributed by atoms with Gasteiger partial charge in [0, 0.05) is 23.5 Å². The lowest BCUT2D eigenvalue weighted by Gasteiger charge is -2.14. The minimum atomic E-state index is 0.360. The van der Waals surface area contributed by atoms with E-state index in [4.69, 9.17) is 32.7 Å². The number of rotatable bonds is 11. The average Bonchev–Trinajstić information content (AvgIpc) is 2.60. The predicted molar refractivity (Wildman–Crippen MR) is 121 cm³/mol. The molecule has 0 spiro atoms. The summed E-state index contributed by atoms with van der Waals surface area (Å²) >= 11 is 12.6. The van der Waals surface area contributed by atoms with Crippen molar-refractivity contribution < 1.29 is 9.47 Å². The predicted octanol–water partition coefficient (Wildman–Crippen LogP) is 6.87. The molecule has 0 aliphatic heterocycles. The zero-order valence-corrected chi connectivity index (χ0v) is 18.5. The Labute approximate surface area is 178 Å². The van der Waals surface area contributed by atoms with Gasteiger partial charge in [0.2, 0.25) is 0 Å². The molecular formula is C22H30Cl2N2O2. The Morgan fingerprint density at radius 3 is 1.43 bits per heavy atom. The highest BCUT2D eigenvalue weighted by Crippen LogP contribution is 2.29. The quantitative estimate of drug-likeness (QED) is 0.386. The van der Waals surface area contributed by atoms with Crippen LogP contribution in [0.4, 0.5) is 11.4 Å². The summed E-state index contributed by atoms with van der Waals surface area (Å²) in [6.07, 6.45) is 1.74. The van der Waals surface area contributed by atoms with Crippen molar-refractivity contribution in [3.8, 4) is 11.5 Å². The number of hydrogen-bond donors (Lipinski definition) is 2. The Kier molecular flexibility index (Phi) is 9.07. The van der Waals surface area contributed by atoms with E-state index in [0.717, 1.165) is 24.2 Å². The topological polar surface area (TPSA) is 42.5 Å². The first kappa shape index (κ1) is 22.5. The first-order valence-electron chi connectivity index (χ1n) is 9.73. The summed E-state index contributed by atoms with van der Waals surface area (Å²) in [5, 5.41) is 7.87. The second-order valence-corrected chi connectivity index (χ2v) is 8.11. The molecule has 2 N–H and O–H groups in total. The Bertz CT molecular complexity index is 688. The van der Waals surface area contributed by atoms with Crippen molar-refractivity contribution in [1.82, 2.24) is 0 Å². The van der Waals surface area contributed by atoms with Gasteiger partial charge in [-0.25, -0.2) is 0 Å². The van der Waals surface area contributed by atoms with Gasteiger partial charge < -0.3 is 20.1 Å². The molecule has 2 aromatic rings. The number of hydrogen-bond acceptors (Lipinski definition) is 4. The summed E-state index contributed by atoms with van der Waals surface area (Å²) < 4.78 is 11.6. The van der Waals surface area contributed by atoms with E-state index in [0.29, 0.717) is 46.8 Å². The van der Waals surface area contributed by atoms with Crippen LogP contribution in [0.5, 0.6) is 11.5 Å². The SMILES string of the molecule is CC(C)Nc1ccc(OCCCCOc2ccc(NC(C)C)cc2Cl)c(Cl)c1. The van der Waals surface area contributed by atoms with E-state index in [1.807, 2.05) is 36.4 Å². The largest absolute Gasteiger partial charge is 0.492 e. The summed E-state index contributed by atoms with van der Waals surface area (Å²) in [5.74, 6) is 1.40. The molecule has 0 fully saturated rings. The molecule has 0 aliphatic rings. The average molecular weight is 425 g/mol. The first-order chi connectivity index (χ1) is 13.3. The van der Waals surface area contributed by atoms with Gasteiger partial charge in [0.05, 0.1) is 23.3 Å². The van der Waals surface area contributed by atoms with E-state index in [1.165, 1.54) is 0 Å². The van der Waals surface area contributed by atoms with Crippen LogP contribution in [-0.4, -0.2) is 25.3 Å². The van der Waals surface area contributed by atoms with E-state index in [-0.39, 0.29) is 0 Å². The number of anilines is 2. The third-order valence-electron chi connectivity index (χ3n) is 3.83. The number of unbranched alkanes of at least 4 members (excludes halogenated alkanes) is 1. The van der Waals surface area contributed by atoms with Crippen molar-refractivity contribution in [2.75, 3.05) is 23.8 Å². The lowest BCUT2D eigenvalue weighted by atomic mass is 10.2. The molecule has 0 saturated heterocycles. The number of nitrogens with one attached hydrogen (secondary N) is 2. The molecule has 154 valence electrons. The molecule has 4 nitrogen and oxygen atoms in total. The second-order valence-electron chi connectivity index (χ2n) is 7.29. The van der Waals surface area contributed by atoms with Crippen molar-refractivity contribution in [3.05, 3.63) is 46.4 Å². The lowest BCUT2D eigenvalue weighted by Crippen LogP contribution is -2.09. The van der Waals surface area contributed by atoms with Gasteiger partial charge in [-0.05, 0) is 76.9 Å². The lowest BCUT2D eigenvalue weighted by molar-refractivity contribution is 0.266. The molecule has 2 aromatic carbocycles. The van der Waals surface area contributed by atoms with Gasteiger partial charge in [-0.1, -0.05) is 23.2 Å². The summed E-state index contributed by atoms with van der Waals surface area (Å²) in [5.41, 5.74) is 1.99. The van der Waals surface area contributed by atoms with Crippen LogP contribution in [0, 0.1) is 0 Å². The zero-order chi connectivity index (χ0) is 20.5. The molecule has 0 atom stereocenters. The van der Waals surface area contributed by atoms with E-state index in [9.17, 15) is 0 Å². The van der Waals surface area contributed by atoms with Crippen LogP contribution in [0.3, 0.4) is 0 Å². The smallest absolute Gasteiger partial charge is 0.138 e. The van der Waals surface area contributed by atoms with Crippen molar-refractivity contribution in [3.63, 3.8) is 0 Å². The highest BCUT2D eigenvalue weighted by Gasteiger charge is 2.06. The molecule has 0 amide bonds. The standard InChI is InChI=1S/C22H30Cl2N2O2/c1-15(2)25-17-7-9-21(19(23)13-17)27-11-5-6-12-28-22-10-8-18(14-20(22)24)26-16(3)4/h7-10,13-16,25-26H,5-6,11-12H2,1-4H3. The monoisotopic (exact) mass is 424 g/mol. The molecule has 0 saturated carbocycles. The number of benzene rings is 2. The van der Waals surface area contributed by atoms with E-state index in [2.05, 4.69) is 38.3 Å². The fourth-order valence-corrected chi connectivity index (χ4v) is 3.12. The van der Waals surface area contributed by atoms with Crippen molar-refractivity contribution in [1.29, 1.82) is 0 Å².